The maximum absolute atomic E-state index is 13.1. The van der Waals surface area contributed by atoms with Crippen LogP contribution in [-0.4, -0.2) is 96.7 Å². The molecule has 0 heterocycles. The van der Waals surface area contributed by atoms with E-state index in [1.807, 2.05) is 0 Å². The van der Waals surface area contributed by atoms with Crippen LogP contribution in [0.1, 0.15) is 396 Å². The van der Waals surface area contributed by atoms with E-state index in [0.717, 1.165) is 114 Å². The van der Waals surface area contributed by atoms with Crippen LogP contribution < -0.4 is 0 Å². The van der Waals surface area contributed by atoms with E-state index in [4.69, 9.17) is 37.0 Å². The predicted molar refractivity (Wildman–Crippen MR) is 395 cm³/mol. The molecule has 0 rings (SSSR count). The molecular formula is C78H152O17P2. The lowest BCUT2D eigenvalue weighted by Gasteiger charge is -2.21. The molecule has 3 unspecified atom stereocenters. The number of aliphatic hydroxyl groups excluding tert-OH is 1. The van der Waals surface area contributed by atoms with Gasteiger partial charge in [-0.2, -0.15) is 0 Å². The van der Waals surface area contributed by atoms with Crippen LogP contribution in [0.4, 0.5) is 0 Å². The van der Waals surface area contributed by atoms with Gasteiger partial charge in [-0.3, -0.25) is 37.3 Å². The van der Waals surface area contributed by atoms with E-state index < -0.39 is 97.5 Å². The maximum Gasteiger partial charge on any atom is 0.472 e. The third kappa shape index (κ3) is 72.2. The Hall–Kier alpha value is -1.94. The first-order chi connectivity index (χ1) is 46.6. The molecule has 0 fully saturated rings. The Morgan fingerprint density at radius 3 is 0.639 bits per heavy atom. The molecule has 576 valence electrons. The molecule has 0 aromatic rings. The Kier molecular flexibility index (Phi) is 65.9. The van der Waals surface area contributed by atoms with Gasteiger partial charge >= 0.3 is 39.5 Å². The number of aliphatic hydroxyl groups is 1. The van der Waals surface area contributed by atoms with Crippen molar-refractivity contribution >= 4 is 39.5 Å². The number of rotatable bonds is 75. The van der Waals surface area contributed by atoms with E-state index in [9.17, 15) is 43.2 Å². The summed E-state index contributed by atoms with van der Waals surface area (Å²) < 4.78 is 68.6. The lowest BCUT2D eigenvalue weighted by atomic mass is 10.0. The molecule has 0 aromatic heterocycles. The molecule has 0 bridgehead atoms. The lowest BCUT2D eigenvalue weighted by molar-refractivity contribution is -0.161. The first-order valence-electron chi connectivity index (χ1n) is 40.2. The number of carbonyl (C=O) groups is 4. The Bertz CT molecular complexity index is 1900. The van der Waals surface area contributed by atoms with Gasteiger partial charge in [-0.25, -0.2) is 9.13 Å². The molecule has 0 aromatic carbocycles. The average Bonchev–Trinajstić information content (AvgIpc) is 1.46. The van der Waals surface area contributed by atoms with Gasteiger partial charge in [-0.1, -0.05) is 344 Å². The highest BCUT2D eigenvalue weighted by Gasteiger charge is 2.30. The summed E-state index contributed by atoms with van der Waals surface area (Å²) in [6, 6.07) is 0. The second kappa shape index (κ2) is 67.2. The summed E-state index contributed by atoms with van der Waals surface area (Å²) in [5.41, 5.74) is 0. The van der Waals surface area contributed by atoms with Crippen LogP contribution in [0.25, 0.3) is 0 Å². The summed E-state index contributed by atoms with van der Waals surface area (Å²) in [5, 5.41) is 10.6. The van der Waals surface area contributed by atoms with Crippen LogP contribution in [0, 0.1) is 23.7 Å². The molecule has 3 N–H and O–H groups in total. The first kappa shape index (κ1) is 95.1. The van der Waals surface area contributed by atoms with Gasteiger partial charge in [0.1, 0.15) is 19.3 Å². The number of carbonyl (C=O) groups excluding carboxylic acids is 4. The van der Waals surface area contributed by atoms with E-state index in [1.165, 1.54) is 193 Å². The fraction of sp³-hybridized carbons (Fsp3) is 0.949. The Morgan fingerprint density at radius 2 is 0.433 bits per heavy atom. The summed E-state index contributed by atoms with van der Waals surface area (Å²) in [6.07, 6.45) is 52.7. The van der Waals surface area contributed by atoms with Crippen LogP contribution >= 0.6 is 15.6 Å². The molecule has 0 aliphatic heterocycles. The third-order valence-electron chi connectivity index (χ3n) is 18.1. The molecular weight excluding hydrogens is 1270 g/mol. The quantitative estimate of drug-likeness (QED) is 0.0222. The number of hydrogen-bond donors (Lipinski definition) is 3. The van der Waals surface area contributed by atoms with Crippen molar-refractivity contribution in [1.82, 2.24) is 0 Å². The van der Waals surface area contributed by atoms with Crippen molar-refractivity contribution < 1.29 is 80.2 Å². The smallest absolute Gasteiger partial charge is 0.462 e. The normalized spacial score (nSPS) is 14.1. The van der Waals surface area contributed by atoms with Gasteiger partial charge in [0, 0.05) is 25.7 Å². The van der Waals surface area contributed by atoms with Gasteiger partial charge in [0.15, 0.2) is 12.2 Å². The van der Waals surface area contributed by atoms with Crippen LogP contribution in [0.15, 0.2) is 0 Å². The lowest BCUT2D eigenvalue weighted by Crippen LogP contribution is -2.30. The number of ether oxygens (including phenoxy) is 4. The molecule has 17 nitrogen and oxygen atoms in total. The van der Waals surface area contributed by atoms with Gasteiger partial charge in [-0.15, -0.1) is 0 Å². The van der Waals surface area contributed by atoms with Crippen LogP contribution in [0.2, 0.25) is 0 Å². The molecule has 0 radical (unpaired) electrons. The average molecular weight is 1420 g/mol. The standard InChI is InChI=1S/C78H152O17P2/c1-68(2)54-46-38-30-23-17-11-9-13-20-26-34-42-50-58-75(80)88-64-73(94-77(82)60-52-44-35-27-21-14-10-12-18-24-31-39-47-55-69(3)4)66-92-96(84,85)90-62-72(79)63-91-97(86,87)93-67-74(65-89-76(81)59-51-43-37-29-33-41-49-57-71(7)8)95-78(83)61-53-45-36-28-22-16-15-19-25-32-40-48-56-70(5)6/h68-74,79H,9-67H2,1-8H3,(H,84,85)(H,86,87)/t72?,73-,74-/m1/s1. The Morgan fingerprint density at radius 1 is 0.258 bits per heavy atom. The van der Waals surface area contributed by atoms with Crippen LogP contribution in [0.3, 0.4) is 0 Å². The molecule has 0 aliphatic rings. The van der Waals surface area contributed by atoms with Gasteiger partial charge in [0.25, 0.3) is 0 Å². The topological polar surface area (TPSA) is 237 Å². The minimum Gasteiger partial charge on any atom is -0.462 e. The first-order valence-corrected chi connectivity index (χ1v) is 43.2. The molecule has 19 heteroatoms. The summed E-state index contributed by atoms with van der Waals surface area (Å²) in [5.74, 6) is 0.942. The fourth-order valence-electron chi connectivity index (χ4n) is 11.9. The minimum atomic E-state index is -4.96. The maximum atomic E-state index is 13.1. The zero-order valence-corrected chi connectivity index (χ0v) is 65.5. The molecule has 97 heavy (non-hydrogen) atoms. The summed E-state index contributed by atoms with van der Waals surface area (Å²) >= 11 is 0. The van der Waals surface area contributed by atoms with Gasteiger partial charge in [0.05, 0.1) is 26.4 Å². The van der Waals surface area contributed by atoms with Gasteiger partial charge in [-0.05, 0) is 49.4 Å². The van der Waals surface area contributed by atoms with Crippen LogP contribution in [0.5, 0.6) is 0 Å². The van der Waals surface area contributed by atoms with Crippen LogP contribution in [-0.2, 0) is 65.4 Å². The second-order valence-electron chi connectivity index (χ2n) is 30.0. The van der Waals surface area contributed by atoms with Crippen molar-refractivity contribution in [3.63, 3.8) is 0 Å². The van der Waals surface area contributed by atoms with Gasteiger partial charge < -0.3 is 33.8 Å². The fourth-order valence-corrected chi connectivity index (χ4v) is 13.5. The zero-order chi connectivity index (χ0) is 71.7. The van der Waals surface area contributed by atoms with Crippen molar-refractivity contribution in [1.29, 1.82) is 0 Å². The van der Waals surface area contributed by atoms with Crippen molar-refractivity contribution in [2.75, 3.05) is 39.6 Å². The van der Waals surface area contributed by atoms with Crippen molar-refractivity contribution in [2.45, 2.75) is 414 Å². The number of esters is 4. The second-order valence-corrected chi connectivity index (χ2v) is 32.9. The van der Waals surface area contributed by atoms with E-state index >= 15 is 0 Å². The van der Waals surface area contributed by atoms with E-state index in [0.29, 0.717) is 31.6 Å². The van der Waals surface area contributed by atoms with E-state index in [-0.39, 0.29) is 25.7 Å². The van der Waals surface area contributed by atoms with Crippen molar-refractivity contribution in [3.8, 4) is 0 Å². The number of phosphoric acid groups is 2. The third-order valence-corrected chi connectivity index (χ3v) is 20.0. The predicted octanol–water partition coefficient (Wildman–Crippen LogP) is 22.8. The summed E-state index contributed by atoms with van der Waals surface area (Å²) in [4.78, 5) is 72.9. The molecule has 5 atom stereocenters. The number of hydrogen-bond acceptors (Lipinski definition) is 15. The highest BCUT2D eigenvalue weighted by atomic mass is 31.2. The van der Waals surface area contributed by atoms with Crippen molar-refractivity contribution in [3.05, 3.63) is 0 Å². The zero-order valence-electron chi connectivity index (χ0n) is 63.7. The Balaban J connectivity index is 5.26. The molecule has 0 amide bonds. The number of unbranched alkanes of at least 4 members (excludes halogenated alkanes) is 41. The van der Waals surface area contributed by atoms with Gasteiger partial charge in [0.2, 0.25) is 0 Å². The monoisotopic (exact) mass is 1420 g/mol. The molecule has 0 spiro atoms. The highest BCUT2D eigenvalue weighted by Crippen LogP contribution is 2.45. The summed E-state index contributed by atoms with van der Waals surface area (Å²) in [6.45, 7) is 14.2. The van der Waals surface area contributed by atoms with E-state index in [2.05, 4.69) is 55.4 Å². The minimum absolute atomic E-state index is 0.106. The molecule has 0 saturated heterocycles. The molecule has 0 aliphatic carbocycles. The SMILES string of the molecule is CC(C)CCCCCCCCCCCCCCCC(=O)OC[C@H](COP(=O)(O)OCC(O)COP(=O)(O)OC[C@@H](COC(=O)CCCCCCCCCC(C)C)OC(=O)CCCCCCCCCCCCCCC(C)C)OC(=O)CCCCCCCCCCCCCCCC(C)C. The van der Waals surface area contributed by atoms with E-state index in [1.54, 1.807) is 0 Å². The summed E-state index contributed by atoms with van der Waals surface area (Å²) in [7, 11) is -9.92. The Labute approximate surface area is 594 Å². The number of phosphoric ester groups is 2. The van der Waals surface area contributed by atoms with Crippen molar-refractivity contribution in [2.24, 2.45) is 23.7 Å². The highest BCUT2D eigenvalue weighted by molar-refractivity contribution is 7.47. The molecule has 0 saturated carbocycles. The largest absolute Gasteiger partial charge is 0.472 e.